The molecule has 7 nitrogen and oxygen atoms in total. The third-order valence-corrected chi connectivity index (χ3v) is 2.82. The number of nitrogens with one attached hydrogen (secondary N) is 2. The molecule has 2 rings (SSSR count). The first kappa shape index (κ1) is 14.2. The number of aromatic nitrogens is 4. The molecule has 20 heavy (non-hydrogen) atoms. The summed E-state index contributed by atoms with van der Waals surface area (Å²) in [5.74, 6) is 4.99. The Bertz CT molecular complexity index is 581. The Kier molecular flexibility index (Phi) is 4.46. The fourth-order valence-electron chi connectivity index (χ4n) is 1.90. The van der Waals surface area contributed by atoms with E-state index in [0.29, 0.717) is 6.54 Å². The zero-order valence-corrected chi connectivity index (χ0v) is 11.5. The van der Waals surface area contributed by atoms with Crippen LogP contribution < -0.4 is 16.6 Å². The second-order valence-corrected chi connectivity index (χ2v) is 4.47. The second kappa shape index (κ2) is 6.29. The number of nitrogen functional groups attached to an aromatic ring is 1. The summed E-state index contributed by atoms with van der Waals surface area (Å²) in [6.45, 7) is 5.31. The number of hydrazine groups is 1. The molecule has 4 N–H and O–H groups in total. The van der Waals surface area contributed by atoms with E-state index in [4.69, 9.17) is 5.84 Å². The van der Waals surface area contributed by atoms with E-state index in [-0.39, 0.29) is 11.8 Å². The number of anilines is 2. The summed E-state index contributed by atoms with van der Waals surface area (Å²) in [5, 5.41) is 7.28. The van der Waals surface area contributed by atoms with Crippen molar-refractivity contribution in [2.24, 2.45) is 5.84 Å². The molecule has 2 aromatic rings. The van der Waals surface area contributed by atoms with Gasteiger partial charge in [-0.05, 0) is 26.3 Å². The van der Waals surface area contributed by atoms with Crippen molar-refractivity contribution in [3.05, 3.63) is 29.5 Å². The van der Waals surface area contributed by atoms with E-state index in [1.165, 1.54) is 0 Å². The standard InChI is InChI=1S/C12H18FN7/c1-8-6-9(2)20(19-8)5-3-4-15-11-10(13)7-16-12(17-11)18-14/h6-7H,3-5,14H2,1-2H3,(H2,15,16,17,18). The van der Waals surface area contributed by atoms with Crippen LogP contribution in [-0.4, -0.2) is 26.3 Å². The number of nitrogens with zero attached hydrogens (tertiary/aromatic N) is 4. The average molecular weight is 279 g/mol. The quantitative estimate of drug-likeness (QED) is 0.418. The Morgan fingerprint density at radius 1 is 1.40 bits per heavy atom. The van der Waals surface area contributed by atoms with Crippen molar-refractivity contribution in [2.45, 2.75) is 26.8 Å². The maximum atomic E-state index is 13.4. The van der Waals surface area contributed by atoms with Crippen molar-refractivity contribution in [3.63, 3.8) is 0 Å². The predicted octanol–water partition coefficient (Wildman–Crippen LogP) is 1.22. The van der Waals surface area contributed by atoms with Gasteiger partial charge >= 0.3 is 0 Å². The van der Waals surface area contributed by atoms with Gasteiger partial charge in [0.2, 0.25) is 5.95 Å². The Morgan fingerprint density at radius 3 is 2.85 bits per heavy atom. The summed E-state index contributed by atoms with van der Waals surface area (Å²) in [7, 11) is 0. The highest BCUT2D eigenvalue weighted by Crippen LogP contribution is 2.11. The molecule has 0 spiro atoms. The molecule has 0 bridgehead atoms. The zero-order chi connectivity index (χ0) is 14.5. The highest BCUT2D eigenvalue weighted by atomic mass is 19.1. The number of nitrogens with two attached hydrogens (primary N) is 1. The Labute approximate surface area is 116 Å². The van der Waals surface area contributed by atoms with Gasteiger partial charge in [-0.2, -0.15) is 10.1 Å². The molecule has 2 aromatic heterocycles. The molecule has 0 radical (unpaired) electrons. The maximum absolute atomic E-state index is 13.4. The summed E-state index contributed by atoms with van der Waals surface area (Å²) in [4.78, 5) is 7.57. The van der Waals surface area contributed by atoms with Gasteiger partial charge in [-0.25, -0.2) is 15.2 Å². The maximum Gasteiger partial charge on any atom is 0.239 e. The number of hydrogen-bond donors (Lipinski definition) is 3. The first-order valence-corrected chi connectivity index (χ1v) is 6.34. The topological polar surface area (TPSA) is 93.7 Å². The monoisotopic (exact) mass is 279 g/mol. The van der Waals surface area contributed by atoms with Gasteiger partial charge in [0.15, 0.2) is 11.6 Å². The molecule has 0 fully saturated rings. The van der Waals surface area contributed by atoms with Gasteiger partial charge in [0.25, 0.3) is 0 Å². The molecule has 0 saturated carbocycles. The van der Waals surface area contributed by atoms with Crippen molar-refractivity contribution in [1.29, 1.82) is 0 Å². The normalized spacial score (nSPS) is 10.6. The fraction of sp³-hybridized carbons (Fsp3) is 0.417. The molecular formula is C12H18FN7. The summed E-state index contributed by atoms with van der Waals surface area (Å²) in [6, 6.07) is 2.02. The molecular weight excluding hydrogens is 261 g/mol. The first-order valence-electron chi connectivity index (χ1n) is 6.34. The molecule has 2 heterocycles. The summed E-state index contributed by atoms with van der Waals surface area (Å²) in [6.07, 6.45) is 1.88. The van der Waals surface area contributed by atoms with Crippen molar-refractivity contribution in [1.82, 2.24) is 19.7 Å². The minimum Gasteiger partial charge on any atom is -0.367 e. The van der Waals surface area contributed by atoms with Crippen LogP contribution in [0.4, 0.5) is 16.2 Å². The van der Waals surface area contributed by atoms with Crippen LogP contribution in [0.1, 0.15) is 17.8 Å². The molecule has 0 amide bonds. The minimum atomic E-state index is -0.505. The Morgan fingerprint density at radius 2 is 2.20 bits per heavy atom. The molecule has 0 aliphatic rings. The smallest absolute Gasteiger partial charge is 0.239 e. The number of halogens is 1. The second-order valence-electron chi connectivity index (χ2n) is 4.47. The van der Waals surface area contributed by atoms with Crippen LogP contribution in [0.2, 0.25) is 0 Å². The van der Waals surface area contributed by atoms with E-state index in [2.05, 4.69) is 25.8 Å². The van der Waals surface area contributed by atoms with Gasteiger partial charge < -0.3 is 5.32 Å². The Hall–Kier alpha value is -2.22. The van der Waals surface area contributed by atoms with E-state index >= 15 is 0 Å². The van der Waals surface area contributed by atoms with Gasteiger partial charge in [0.05, 0.1) is 11.9 Å². The molecule has 0 aromatic carbocycles. The first-order chi connectivity index (χ1) is 9.60. The highest BCUT2D eigenvalue weighted by molar-refractivity contribution is 5.40. The molecule has 108 valence electrons. The highest BCUT2D eigenvalue weighted by Gasteiger charge is 2.06. The summed E-state index contributed by atoms with van der Waals surface area (Å²) < 4.78 is 15.4. The van der Waals surface area contributed by atoms with E-state index in [1.54, 1.807) is 0 Å². The lowest BCUT2D eigenvalue weighted by Gasteiger charge is -2.08. The van der Waals surface area contributed by atoms with Crippen LogP contribution >= 0.6 is 0 Å². The minimum absolute atomic E-state index is 0.140. The van der Waals surface area contributed by atoms with Crippen LogP contribution in [0.25, 0.3) is 0 Å². The molecule has 0 aliphatic heterocycles. The largest absolute Gasteiger partial charge is 0.367 e. The van der Waals surface area contributed by atoms with Crippen LogP contribution in [0.5, 0.6) is 0 Å². The van der Waals surface area contributed by atoms with Crippen molar-refractivity contribution >= 4 is 11.8 Å². The van der Waals surface area contributed by atoms with E-state index in [0.717, 1.165) is 30.6 Å². The number of aryl methyl sites for hydroxylation is 3. The molecule has 0 aliphatic carbocycles. The van der Waals surface area contributed by atoms with Crippen molar-refractivity contribution in [2.75, 3.05) is 17.3 Å². The van der Waals surface area contributed by atoms with Gasteiger partial charge in [-0.3, -0.25) is 10.1 Å². The van der Waals surface area contributed by atoms with Crippen LogP contribution in [0.3, 0.4) is 0 Å². The lowest BCUT2D eigenvalue weighted by atomic mass is 10.4. The fourth-order valence-corrected chi connectivity index (χ4v) is 1.90. The van der Waals surface area contributed by atoms with E-state index < -0.39 is 5.82 Å². The summed E-state index contributed by atoms with van der Waals surface area (Å²) >= 11 is 0. The molecule has 0 atom stereocenters. The van der Waals surface area contributed by atoms with Gasteiger partial charge in [-0.1, -0.05) is 0 Å². The van der Waals surface area contributed by atoms with E-state index in [9.17, 15) is 4.39 Å². The molecule has 0 unspecified atom stereocenters. The van der Waals surface area contributed by atoms with Gasteiger partial charge in [0.1, 0.15) is 0 Å². The number of hydrogen-bond acceptors (Lipinski definition) is 6. The molecule has 0 saturated heterocycles. The lowest BCUT2D eigenvalue weighted by Crippen LogP contribution is -2.14. The van der Waals surface area contributed by atoms with E-state index in [1.807, 2.05) is 24.6 Å². The van der Waals surface area contributed by atoms with Crippen molar-refractivity contribution in [3.8, 4) is 0 Å². The molecule has 8 heteroatoms. The zero-order valence-electron chi connectivity index (χ0n) is 11.5. The Balaban J connectivity index is 1.85. The number of rotatable bonds is 6. The third kappa shape index (κ3) is 3.41. The lowest BCUT2D eigenvalue weighted by molar-refractivity contribution is 0.570. The van der Waals surface area contributed by atoms with Crippen molar-refractivity contribution < 1.29 is 4.39 Å². The van der Waals surface area contributed by atoms with Gasteiger partial charge in [0, 0.05) is 18.8 Å². The van der Waals surface area contributed by atoms with Crippen LogP contribution in [0, 0.1) is 19.7 Å². The summed E-state index contributed by atoms with van der Waals surface area (Å²) in [5.41, 5.74) is 4.39. The van der Waals surface area contributed by atoms with Gasteiger partial charge in [-0.15, -0.1) is 0 Å². The SMILES string of the molecule is Cc1cc(C)n(CCCNc2nc(NN)ncc2F)n1. The van der Waals surface area contributed by atoms with Crippen LogP contribution in [0.15, 0.2) is 12.3 Å². The van der Waals surface area contributed by atoms with Crippen LogP contribution in [-0.2, 0) is 6.54 Å². The average Bonchev–Trinajstić information content (AvgIpc) is 2.75. The predicted molar refractivity (Wildman–Crippen MR) is 74.6 cm³/mol. The third-order valence-electron chi connectivity index (χ3n) is 2.82.